The average molecular weight is 574 g/mol. The third-order valence-corrected chi connectivity index (χ3v) is 6.40. The number of carboxylic acids is 1. The number of benzene rings is 2. The number of phenols is 1. The number of aliphatic carboxylic acids is 1. The van der Waals surface area contributed by atoms with Crippen LogP contribution in [-0.4, -0.2) is 83.0 Å². The standard InChI is InChI=1S/C27H35N5O7S/c1-40-12-11-21(27(38)39)32-26(37)22(14-17-5-3-2-4-6-17)31-24(35)16-29-23(34)15-30-25(36)20(28)13-18-7-9-19(33)10-8-18/h2-10,20-22,33H,11-16,28H2,1H3,(H,29,34)(H,30,36)(H,31,35)(H,32,37)(H,38,39)/t20-,21-,22-/m1/s1. The summed E-state index contributed by atoms with van der Waals surface area (Å²) in [6, 6.07) is 12.0. The second-order valence-electron chi connectivity index (χ2n) is 8.96. The van der Waals surface area contributed by atoms with Gasteiger partial charge in [-0.05, 0) is 48.1 Å². The fourth-order valence-electron chi connectivity index (χ4n) is 3.59. The molecule has 4 amide bonds. The largest absolute Gasteiger partial charge is 0.508 e. The van der Waals surface area contributed by atoms with Crippen LogP contribution in [0.4, 0.5) is 0 Å². The lowest BCUT2D eigenvalue weighted by molar-refractivity contribution is -0.142. The molecule has 0 aliphatic heterocycles. The fourth-order valence-corrected chi connectivity index (χ4v) is 4.06. The average Bonchev–Trinajstić information content (AvgIpc) is 2.93. The summed E-state index contributed by atoms with van der Waals surface area (Å²) in [7, 11) is 0. The van der Waals surface area contributed by atoms with E-state index in [-0.39, 0.29) is 25.0 Å². The Bertz CT molecular complexity index is 1150. The van der Waals surface area contributed by atoms with E-state index in [1.165, 1.54) is 23.9 Å². The van der Waals surface area contributed by atoms with Gasteiger partial charge >= 0.3 is 5.97 Å². The third kappa shape index (κ3) is 11.7. The number of rotatable bonds is 16. The zero-order chi connectivity index (χ0) is 29.5. The molecule has 12 nitrogen and oxygen atoms in total. The predicted octanol–water partition coefficient (Wildman–Crippen LogP) is -0.456. The minimum atomic E-state index is -1.18. The van der Waals surface area contributed by atoms with Crippen molar-refractivity contribution < 1.29 is 34.2 Å². The van der Waals surface area contributed by atoms with Crippen LogP contribution in [0.25, 0.3) is 0 Å². The van der Waals surface area contributed by atoms with Gasteiger partial charge in [0, 0.05) is 6.42 Å². The molecule has 0 saturated heterocycles. The van der Waals surface area contributed by atoms with E-state index in [9.17, 15) is 34.2 Å². The molecule has 0 spiro atoms. The van der Waals surface area contributed by atoms with Crippen molar-refractivity contribution in [1.82, 2.24) is 21.3 Å². The van der Waals surface area contributed by atoms with Crippen LogP contribution in [-0.2, 0) is 36.8 Å². The minimum absolute atomic E-state index is 0.0881. The number of carboxylic acid groups (broad SMARTS) is 1. The molecule has 0 aromatic heterocycles. The van der Waals surface area contributed by atoms with Crippen LogP contribution in [0, 0.1) is 0 Å². The summed E-state index contributed by atoms with van der Waals surface area (Å²) < 4.78 is 0. The van der Waals surface area contributed by atoms with Crippen molar-refractivity contribution in [3.8, 4) is 5.75 Å². The highest BCUT2D eigenvalue weighted by atomic mass is 32.2. The topological polar surface area (TPSA) is 200 Å². The van der Waals surface area contributed by atoms with Crippen molar-refractivity contribution in [3.63, 3.8) is 0 Å². The summed E-state index contributed by atoms with van der Waals surface area (Å²) in [5.41, 5.74) is 7.35. The fraction of sp³-hybridized carbons (Fsp3) is 0.370. The molecule has 3 atom stereocenters. The van der Waals surface area contributed by atoms with Gasteiger partial charge < -0.3 is 37.2 Å². The van der Waals surface area contributed by atoms with Crippen LogP contribution >= 0.6 is 11.8 Å². The summed E-state index contributed by atoms with van der Waals surface area (Å²) in [5.74, 6) is -3.11. The van der Waals surface area contributed by atoms with Gasteiger partial charge in [0.05, 0.1) is 19.1 Å². The van der Waals surface area contributed by atoms with Gasteiger partial charge in [0.1, 0.15) is 17.8 Å². The van der Waals surface area contributed by atoms with Gasteiger partial charge in [-0.2, -0.15) is 11.8 Å². The zero-order valence-electron chi connectivity index (χ0n) is 22.1. The number of nitrogens with one attached hydrogen (secondary N) is 4. The Morgan fingerprint density at radius 2 is 1.43 bits per heavy atom. The molecule has 0 fully saturated rings. The summed E-state index contributed by atoms with van der Waals surface area (Å²) >= 11 is 1.45. The van der Waals surface area contributed by atoms with Gasteiger partial charge in [-0.1, -0.05) is 42.5 Å². The lowest BCUT2D eigenvalue weighted by Crippen LogP contribution is -2.54. The summed E-state index contributed by atoms with van der Waals surface area (Å²) in [6.07, 6.45) is 2.34. The SMILES string of the molecule is CSCC[C@@H](NC(=O)[C@@H](Cc1ccccc1)NC(=O)CNC(=O)CNC(=O)[C@H](N)Cc1ccc(O)cc1)C(=O)O. The highest BCUT2D eigenvalue weighted by Gasteiger charge is 2.27. The van der Waals surface area contributed by atoms with Gasteiger partial charge in [-0.15, -0.1) is 0 Å². The Morgan fingerprint density at radius 1 is 0.800 bits per heavy atom. The first kappa shape index (κ1) is 32.1. The number of thioether (sulfide) groups is 1. The maximum absolute atomic E-state index is 12.9. The van der Waals surface area contributed by atoms with E-state index in [1.54, 1.807) is 42.5 Å². The van der Waals surface area contributed by atoms with Crippen molar-refractivity contribution in [2.75, 3.05) is 25.1 Å². The van der Waals surface area contributed by atoms with E-state index >= 15 is 0 Å². The Kier molecular flexibility index (Phi) is 13.5. The van der Waals surface area contributed by atoms with Crippen molar-refractivity contribution in [3.05, 3.63) is 65.7 Å². The molecule has 2 aromatic rings. The number of amides is 4. The van der Waals surface area contributed by atoms with Crippen LogP contribution in [0.3, 0.4) is 0 Å². The molecule has 8 N–H and O–H groups in total. The van der Waals surface area contributed by atoms with Gasteiger partial charge in [-0.3, -0.25) is 19.2 Å². The molecule has 40 heavy (non-hydrogen) atoms. The van der Waals surface area contributed by atoms with Crippen LogP contribution in [0.15, 0.2) is 54.6 Å². The smallest absolute Gasteiger partial charge is 0.326 e. The molecule has 0 aliphatic rings. The Hall–Kier alpha value is -4.10. The van der Waals surface area contributed by atoms with Crippen LogP contribution < -0.4 is 27.0 Å². The number of phenolic OH excluding ortho intramolecular Hbond substituents is 1. The summed E-state index contributed by atoms with van der Waals surface area (Å²) in [4.78, 5) is 61.5. The van der Waals surface area contributed by atoms with Crippen molar-refractivity contribution >= 4 is 41.4 Å². The number of carbonyl (C=O) groups excluding carboxylic acids is 4. The summed E-state index contributed by atoms with van der Waals surface area (Å²) in [5, 5.41) is 28.6. The van der Waals surface area contributed by atoms with E-state index in [1.807, 2.05) is 6.26 Å². The predicted molar refractivity (Wildman–Crippen MR) is 150 cm³/mol. The van der Waals surface area contributed by atoms with Crippen LogP contribution in [0.1, 0.15) is 17.5 Å². The van der Waals surface area contributed by atoms with Gasteiger partial charge in [0.2, 0.25) is 23.6 Å². The summed E-state index contributed by atoms with van der Waals surface area (Å²) in [6.45, 7) is -0.888. The van der Waals surface area contributed by atoms with E-state index in [0.717, 1.165) is 11.1 Å². The van der Waals surface area contributed by atoms with E-state index < -0.39 is 60.8 Å². The first-order chi connectivity index (χ1) is 19.1. The molecule has 0 saturated carbocycles. The van der Waals surface area contributed by atoms with Crippen LogP contribution in [0.5, 0.6) is 5.75 Å². The molecule has 216 valence electrons. The maximum atomic E-state index is 12.9. The van der Waals surface area contributed by atoms with Crippen molar-refractivity contribution in [2.45, 2.75) is 37.4 Å². The third-order valence-electron chi connectivity index (χ3n) is 5.76. The van der Waals surface area contributed by atoms with Gasteiger partial charge in [0.15, 0.2) is 0 Å². The Morgan fingerprint density at radius 3 is 2.05 bits per heavy atom. The highest BCUT2D eigenvalue weighted by Crippen LogP contribution is 2.11. The normalized spacial score (nSPS) is 12.8. The number of hydrogen-bond donors (Lipinski definition) is 7. The second kappa shape index (κ2) is 16.8. The highest BCUT2D eigenvalue weighted by molar-refractivity contribution is 7.98. The lowest BCUT2D eigenvalue weighted by Gasteiger charge is -2.22. The monoisotopic (exact) mass is 573 g/mol. The van der Waals surface area contributed by atoms with Gasteiger partial charge in [0.25, 0.3) is 0 Å². The molecule has 13 heteroatoms. The molecule has 0 aliphatic carbocycles. The molecule has 0 radical (unpaired) electrons. The lowest BCUT2D eigenvalue weighted by atomic mass is 10.0. The first-order valence-electron chi connectivity index (χ1n) is 12.5. The molecule has 0 unspecified atom stereocenters. The number of aromatic hydroxyl groups is 1. The van der Waals surface area contributed by atoms with E-state index in [4.69, 9.17) is 5.73 Å². The van der Waals surface area contributed by atoms with E-state index in [0.29, 0.717) is 5.75 Å². The van der Waals surface area contributed by atoms with Crippen LogP contribution in [0.2, 0.25) is 0 Å². The quantitative estimate of drug-likeness (QED) is 0.139. The molecule has 2 rings (SSSR count). The maximum Gasteiger partial charge on any atom is 0.326 e. The van der Waals surface area contributed by atoms with E-state index in [2.05, 4.69) is 21.3 Å². The number of hydrogen-bond acceptors (Lipinski definition) is 8. The van der Waals surface area contributed by atoms with Crippen molar-refractivity contribution in [1.29, 1.82) is 0 Å². The minimum Gasteiger partial charge on any atom is -0.508 e. The molecular weight excluding hydrogens is 538 g/mol. The molecule has 0 bridgehead atoms. The Labute approximate surface area is 236 Å². The van der Waals surface area contributed by atoms with Crippen molar-refractivity contribution in [2.24, 2.45) is 5.73 Å². The zero-order valence-corrected chi connectivity index (χ0v) is 22.9. The molecular formula is C27H35N5O7S. The second-order valence-corrected chi connectivity index (χ2v) is 9.95. The van der Waals surface area contributed by atoms with Gasteiger partial charge in [-0.25, -0.2) is 4.79 Å². The molecule has 0 heterocycles. The number of carbonyl (C=O) groups is 5. The molecule has 2 aromatic carbocycles. The number of nitrogens with two attached hydrogens (primary N) is 1. The first-order valence-corrected chi connectivity index (χ1v) is 13.9. The Balaban J connectivity index is 1.88.